The number of anilines is 2. The van der Waals surface area contributed by atoms with Gasteiger partial charge in [-0.15, -0.1) is 11.3 Å². The Morgan fingerprint density at radius 3 is 2.78 bits per heavy atom. The number of hydrogen-bond acceptors (Lipinski definition) is 8. The summed E-state index contributed by atoms with van der Waals surface area (Å²) in [7, 11) is 1.93. The molecular formula is C25H29N7O3S. The minimum absolute atomic E-state index is 0.0102. The van der Waals surface area contributed by atoms with Crippen molar-refractivity contribution in [1.29, 1.82) is 0 Å². The van der Waals surface area contributed by atoms with E-state index in [-0.39, 0.29) is 23.3 Å². The number of rotatable bonds is 4. The van der Waals surface area contributed by atoms with Gasteiger partial charge >= 0.3 is 0 Å². The van der Waals surface area contributed by atoms with E-state index in [9.17, 15) is 14.4 Å². The summed E-state index contributed by atoms with van der Waals surface area (Å²) < 4.78 is 1.51. The lowest BCUT2D eigenvalue weighted by Crippen LogP contribution is -2.60. The molecule has 1 saturated heterocycles. The number of pyridine rings is 1. The number of nitrogens with zero attached hydrogens (tertiary/aromatic N) is 4. The number of nitrogens with one attached hydrogen (secondary N) is 3. The van der Waals surface area contributed by atoms with Crippen molar-refractivity contribution in [2.24, 2.45) is 5.92 Å². The molecule has 0 bridgehead atoms. The van der Waals surface area contributed by atoms with Gasteiger partial charge in [-0.1, -0.05) is 0 Å². The summed E-state index contributed by atoms with van der Waals surface area (Å²) in [6.07, 6.45) is 3.76. The zero-order valence-electron chi connectivity index (χ0n) is 20.8. The molecule has 0 unspecified atom stereocenters. The van der Waals surface area contributed by atoms with Gasteiger partial charge in [-0.25, -0.2) is 9.97 Å². The molecule has 5 heterocycles. The Hall–Kier alpha value is -3.31. The lowest BCUT2D eigenvalue weighted by Gasteiger charge is -2.41. The fourth-order valence-corrected chi connectivity index (χ4v) is 6.95. The van der Waals surface area contributed by atoms with Gasteiger partial charge in [0, 0.05) is 29.9 Å². The molecule has 2 aliphatic heterocycles. The first-order valence-electron chi connectivity index (χ1n) is 12.3. The van der Waals surface area contributed by atoms with Crippen LogP contribution in [-0.2, 0) is 23.3 Å². The summed E-state index contributed by atoms with van der Waals surface area (Å²) in [5.74, 6) is 0.556. The van der Waals surface area contributed by atoms with Crippen molar-refractivity contribution < 1.29 is 9.59 Å². The highest BCUT2D eigenvalue weighted by atomic mass is 32.1. The van der Waals surface area contributed by atoms with Crippen molar-refractivity contribution in [3.63, 3.8) is 0 Å². The van der Waals surface area contributed by atoms with E-state index in [1.807, 2.05) is 18.9 Å². The highest BCUT2D eigenvalue weighted by Gasteiger charge is 2.38. The number of aryl methyl sites for hydroxylation is 2. The first-order valence-corrected chi connectivity index (χ1v) is 13.1. The molecule has 1 fully saturated rings. The lowest BCUT2D eigenvalue weighted by molar-refractivity contribution is -0.140. The molecule has 3 aliphatic rings. The van der Waals surface area contributed by atoms with Gasteiger partial charge in [0.15, 0.2) is 0 Å². The van der Waals surface area contributed by atoms with Gasteiger partial charge < -0.3 is 20.9 Å². The summed E-state index contributed by atoms with van der Waals surface area (Å²) in [6, 6.07) is 2.11. The topological polar surface area (TPSA) is 121 Å². The van der Waals surface area contributed by atoms with Gasteiger partial charge in [0.1, 0.15) is 34.0 Å². The highest BCUT2D eigenvalue weighted by molar-refractivity contribution is 7.19. The molecule has 0 aromatic carbocycles. The zero-order valence-corrected chi connectivity index (χ0v) is 21.6. The lowest BCUT2D eigenvalue weighted by atomic mass is 9.86. The molecule has 3 N–H and O–H groups in total. The molecule has 36 heavy (non-hydrogen) atoms. The van der Waals surface area contributed by atoms with Crippen LogP contribution in [0.4, 0.5) is 11.5 Å². The molecular weight excluding hydrogens is 478 g/mol. The molecule has 0 saturated carbocycles. The molecule has 3 aromatic rings. The van der Waals surface area contributed by atoms with Crippen LogP contribution >= 0.6 is 11.3 Å². The maximum Gasteiger partial charge on any atom is 0.276 e. The predicted octanol–water partition coefficient (Wildman–Crippen LogP) is 1.88. The third-order valence-corrected chi connectivity index (χ3v) is 8.80. The molecule has 0 spiro atoms. The van der Waals surface area contributed by atoms with Crippen molar-refractivity contribution in [2.45, 2.75) is 51.7 Å². The molecule has 3 aromatic heterocycles. The zero-order chi connectivity index (χ0) is 25.4. The van der Waals surface area contributed by atoms with Crippen LogP contribution < -0.4 is 21.5 Å². The van der Waals surface area contributed by atoms with E-state index in [0.717, 1.165) is 41.7 Å². The van der Waals surface area contributed by atoms with Crippen LogP contribution in [0.3, 0.4) is 0 Å². The maximum atomic E-state index is 13.4. The predicted molar refractivity (Wildman–Crippen MR) is 138 cm³/mol. The maximum absolute atomic E-state index is 13.4. The van der Waals surface area contributed by atoms with Gasteiger partial charge in [-0.05, 0) is 64.3 Å². The van der Waals surface area contributed by atoms with Crippen molar-refractivity contribution in [1.82, 2.24) is 30.1 Å². The van der Waals surface area contributed by atoms with Crippen LogP contribution in [0.25, 0.3) is 10.2 Å². The van der Waals surface area contributed by atoms with E-state index in [1.54, 1.807) is 31.3 Å². The number of thiophene rings is 1. The summed E-state index contributed by atoms with van der Waals surface area (Å²) >= 11 is 1.60. The van der Waals surface area contributed by atoms with E-state index in [1.165, 1.54) is 15.8 Å². The standard InChI is InChI=1S/C25H29N7O3S/c1-12-7-16(24(35)32-19(12)21(33)30-25(32,2)3)29-20-18-15-6-5-13(23(34)31-9-14(10-31)26-4)8-17(15)36-22(18)28-11-27-20/h7,11,13-14,26H,5-6,8-10H2,1-4H3,(H,30,33)(H,27,28,29)/t13-/m0/s1. The molecule has 0 radical (unpaired) electrons. The van der Waals surface area contributed by atoms with Crippen molar-refractivity contribution >= 4 is 44.9 Å². The third kappa shape index (κ3) is 3.44. The van der Waals surface area contributed by atoms with Crippen LogP contribution in [0.2, 0.25) is 0 Å². The van der Waals surface area contributed by atoms with Crippen LogP contribution in [0.15, 0.2) is 17.2 Å². The Kier molecular flexibility index (Phi) is 5.20. The van der Waals surface area contributed by atoms with Gasteiger partial charge in [0.05, 0.1) is 5.39 Å². The van der Waals surface area contributed by atoms with E-state index in [0.29, 0.717) is 35.2 Å². The highest BCUT2D eigenvalue weighted by Crippen LogP contribution is 2.41. The molecule has 1 atom stereocenters. The number of likely N-dealkylation sites (tertiary alicyclic amines) is 1. The number of likely N-dealkylation sites (N-methyl/N-ethyl adjacent to an activating group) is 1. The number of amides is 2. The van der Waals surface area contributed by atoms with E-state index >= 15 is 0 Å². The molecule has 11 heteroatoms. The normalized spacial score (nSPS) is 20.6. The van der Waals surface area contributed by atoms with E-state index in [4.69, 9.17) is 0 Å². The average Bonchev–Trinajstić information content (AvgIpc) is 3.29. The Morgan fingerprint density at radius 2 is 2.03 bits per heavy atom. The summed E-state index contributed by atoms with van der Waals surface area (Å²) in [5, 5.41) is 10.3. The fraction of sp³-hybridized carbons (Fsp3) is 0.480. The average molecular weight is 508 g/mol. The van der Waals surface area contributed by atoms with Crippen molar-refractivity contribution in [2.75, 3.05) is 25.5 Å². The molecule has 6 rings (SSSR count). The first kappa shape index (κ1) is 23.1. The SMILES string of the molecule is CNC1CN(C(=O)[C@H]2CCc3c(sc4ncnc(Nc5cc(C)c6n(c5=O)C(C)(C)NC6=O)c34)C2)C1. The molecule has 188 valence electrons. The van der Waals surface area contributed by atoms with Crippen LogP contribution in [0.1, 0.15) is 46.8 Å². The summed E-state index contributed by atoms with van der Waals surface area (Å²) in [4.78, 5) is 51.8. The number of carbonyl (C=O) groups excluding carboxylic acids is 2. The quantitative estimate of drug-likeness (QED) is 0.493. The minimum atomic E-state index is -0.820. The molecule has 1 aliphatic carbocycles. The second-order valence-corrected chi connectivity index (χ2v) is 11.5. The Bertz CT molecular complexity index is 1490. The fourth-order valence-electron chi connectivity index (χ4n) is 5.68. The number of hydrogen-bond donors (Lipinski definition) is 3. The monoisotopic (exact) mass is 507 g/mol. The van der Waals surface area contributed by atoms with Gasteiger partial charge in [-0.2, -0.15) is 0 Å². The van der Waals surface area contributed by atoms with Crippen LogP contribution in [0, 0.1) is 12.8 Å². The van der Waals surface area contributed by atoms with Gasteiger partial charge in [0.2, 0.25) is 5.91 Å². The largest absolute Gasteiger partial charge is 0.339 e. The van der Waals surface area contributed by atoms with E-state index < -0.39 is 5.66 Å². The Morgan fingerprint density at radius 1 is 1.25 bits per heavy atom. The van der Waals surface area contributed by atoms with Gasteiger partial charge in [-0.3, -0.25) is 19.0 Å². The number of aromatic nitrogens is 3. The first-order chi connectivity index (χ1) is 17.2. The number of carbonyl (C=O) groups is 2. The summed E-state index contributed by atoms with van der Waals surface area (Å²) in [5.41, 5.74) is 1.52. The van der Waals surface area contributed by atoms with E-state index in [2.05, 4.69) is 25.9 Å². The van der Waals surface area contributed by atoms with Crippen LogP contribution in [-0.4, -0.2) is 57.4 Å². The third-order valence-electron chi connectivity index (χ3n) is 7.63. The molecule has 10 nitrogen and oxygen atoms in total. The number of fused-ring (bicyclic) bond motifs is 4. The van der Waals surface area contributed by atoms with Crippen molar-refractivity contribution in [3.05, 3.63) is 44.4 Å². The minimum Gasteiger partial charge on any atom is -0.339 e. The smallest absolute Gasteiger partial charge is 0.276 e. The molecule has 2 amide bonds. The second-order valence-electron chi connectivity index (χ2n) is 10.4. The summed E-state index contributed by atoms with van der Waals surface area (Å²) in [6.45, 7) is 6.99. The second kappa shape index (κ2) is 8.10. The van der Waals surface area contributed by atoms with Gasteiger partial charge in [0.25, 0.3) is 11.5 Å². The van der Waals surface area contributed by atoms with Crippen molar-refractivity contribution in [3.8, 4) is 0 Å². The Labute approximate surface area is 212 Å². The van der Waals surface area contributed by atoms with Crippen LogP contribution in [0.5, 0.6) is 0 Å². The Balaban J connectivity index is 1.33.